The summed E-state index contributed by atoms with van der Waals surface area (Å²) in [6.07, 6.45) is 2.18. The third-order valence-electron chi connectivity index (χ3n) is 9.00. The molecule has 5 atom stereocenters. The van der Waals surface area contributed by atoms with Crippen molar-refractivity contribution in [2.24, 2.45) is 5.92 Å². The molecule has 43 heavy (non-hydrogen) atoms. The van der Waals surface area contributed by atoms with Gasteiger partial charge in [0, 0.05) is 28.2 Å². The molecule has 2 heterocycles. The van der Waals surface area contributed by atoms with Gasteiger partial charge in [0.1, 0.15) is 23.7 Å². The second-order valence-corrected chi connectivity index (χ2v) is 11.2. The Morgan fingerprint density at radius 2 is 1.65 bits per heavy atom. The molecule has 1 aromatic rings. The molecule has 1 spiro atoms. The van der Waals surface area contributed by atoms with Gasteiger partial charge in [0.05, 0.1) is 14.2 Å². The minimum atomic E-state index is -1.90. The molecule has 1 aromatic carbocycles. The highest BCUT2D eigenvalue weighted by Crippen LogP contribution is 2.62. The van der Waals surface area contributed by atoms with Crippen LogP contribution in [0.4, 0.5) is 0 Å². The number of benzene rings is 1. The van der Waals surface area contributed by atoms with Crippen molar-refractivity contribution in [3.8, 4) is 17.2 Å². The van der Waals surface area contributed by atoms with Gasteiger partial charge in [-0.2, -0.15) is 0 Å². The Morgan fingerprint density at radius 1 is 1.00 bits per heavy atom. The zero-order chi connectivity index (χ0) is 31.4. The lowest BCUT2D eigenvalue weighted by Gasteiger charge is -2.48. The molecule has 0 radical (unpaired) electrons. The fraction of sp³-hybridized carbons (Fsp3) is 0.469. The number of hydrogen-bond donors (Lipinski definition) is 1. The van der Waals surface area contributed by atoms with Crippen LogP contribution in [-0.2, 0) is 38.7 Å². The fourth-order valence-corrected chi connectivity index (χ4v) is 6.03. The SMILES string of the molecule is C/C=C(\C)C(=O)OC1c2cc3c(c4c2C2(CO4)C(=O)C(OC)=C(OC)C=C2C(OC(=O)/C(C)=C/C)C(C)(O)C1C)OCO3. The number of fused-ring (bicyclic) bond motifs is 2. The van der Waals surface area contributed by atoms with E-state index in [1.54, 1.807) is 58.9 Å². The van der Waals surface area contributed by atoms with Crippen LogP contribution in [0.1, 0.15) is 58.8 Å². The van der Waals surface area contributed by atoms with Crippen LogP contribution < -0.4 is 14.2 Å². The summed E-state index contributed by atoms with van der Waals surface area (Å²) in [6, 6.07) is 1.65. The number of Topliss-reactive ketones (excluding diaryl/α,β-unsaturated/α-hetero) is 1. The van der Waals surface area contributed by atoms with Crippen molar-refractivity contribution < 1.29 is 52.6 Å². The summed E-state index contributed by atoms with van der Waals surface area (Å²) >= 11 is 0. The van der Waals surface area contributed by atoms with Crippen molar-refractivity contribution in [1.82, 2.24) is 0 Å². The zero-order valence-electron chi connectivity index (χ0n) is 25.5. The van der Waals surface area contributed by atoms with E-state index in [0.29, 0.717) is 28.0 Å². The van der Waals surface area contributed by atoms with Crippen LogP contribution in [0.3, 0.4) is 0 Å². The number of ketones is 1. The summed E-state index contributed by atoms with van der Waals surface area (Å²) in [5.41, 5.74) is -2.01. The standard InChI is InChI=1S/C32H36O11/c1-9-15(3)29(34)42-23-17(5)31(6,36)28(43-30(35)16(4)10-2)19-12-20(37-7)25(38-8)27(33)32(19)13-39-26-22(32)18(23)11-21-24(26)41-14-40-21/h9-12,17,23,28,36H,13-14H2,1-8H3/b15-9+,16-10+. The van der Waals surface area contributed by atoms with Crippen LogP contribution in [0.15, 0.2) is 52.5 Å². The zero-order valence-corrected chi connectivity index (χ0v) is 25.5. The molecule has 5 unspecified atom stereocenters. The number of ether oxygens (including phenoxy) is 7. The lowest BCUT2D eigenvalue weighted by Crippen LogP contribution is -2.59. The number of aliphatic hydroxyl groups is 1. The predicted molar refractivity (Wildman–Crippen MR) is 151 cm³/mol. The number of methoxy groups -OCH3 is 2. The fourth-order valence-electron chi connectivity index (χ4n) is 6.03. The highest BCUT2D eigenvalue weighted by Gasteiger charge is 2.64. The summed E-state index contributed by atoms with van der Waals surface area (Å²) in [4.78, 5) is 41.2. The smallest absolute Gasteiger partial charge is 0.334 e. The first-order chi connectivity index (χ1) is 20.4. The van der Waals surface area contributed by atoms with Crippen LogP contribution in [0.5, 0.6) is 17.2 Å². The van der Waals surface area contributed by atoms with Crippen molar-refractivity contribution in [3.05, 3.63) is 63.7 Å². The van der Waals surface area contributed by atoms with E-state index in [0.717, 1.165) is 0 Å². The highest BCUT2D eigenvalue weighted by atomic mass is 16.7. The Balaban J connectivity index is 1.89. The van der Waals surface area contributed by atoms with Gasteiger partial charge in [-0.05, 0) is 52.3 Å². The molecule has 5 rings (SSSR count). The molecule has 0 fully saturated rings. The molecule has 4 aliphatic rings. The lowest BCUT2D eigenvalue weighted by molar-refractivity contribution is -0.177. The maximum absolute atomic E-state index is 14.7. The summed E-state index contributed by atoms with van der Waals surface area (Å²) < 4.78 is 41.0. The van der Waals surface area contributed by atoms with Crippen molar-refractivity contribution in [1.29, 1.82) is 0 Å². The van der Waals surface area contributed by atoms with Crippen molar-refractivity contribution in [3.63, 3.8) is 0 Å². The van der Waals surface area contributed by atoms with Crippen LogP contribution in [0.25, 0.3) is 0 Å². The molecule has 11 heteroatoms. The van der Waals surface area contributed by atoms with E-state index < -0.39 is 46.9 Å². The van der Waals surface area contributed by atoms with Gasteiger partial charge in [-0.25, -0.2) is 9.59 Å². The first-order valence-electron chi connectivity index (χ1n) is 14.0. The van der Waals surface area contributed by atoms with Crippen LogP contribution in [0.2, 0.25) is 0 Å². The Labute approximate surface area is 249 Å². The van der Waals surface area contributed by atoms with E-state index in [9.17, 15) is 19.5 Å². The van der Waals surface area contributed by atoms with Gasteiger partial charge in [0.15, 0.2) is 23.4 Å². The van der Waals surface area contributed by atoms with E-state index in [1.807, 2.05) is 0 Å². The second kappa shape index (κ2) is 10.8. The van der Waals surface area contributed by atoms with Crippen molar-refractivity contribution in [2.75, 3.05) is 27.6 Å². The molecule has 0 aromatic heterocycles. The molecular weight excluding hydrogens is 560 g/mol. The summed E-state index contributed by atoms with van der Waals surface area (Å²) in [5, 5.41) is 12.4. The van der Waals surface area contributed by atoms with E-state index in [2.05, 4.69) is 0 Å². The number of hydrogen-bond acceptors (Lipinski definition) is 11. The van der Waals surface area contributed by atoms with Crippen molar-refractivity contribution >= 4 is 17.7 Å². The first kappa shape index (κ1) is 30.2. The molecule has 2 aliphatic heterocycles. The monoisotopic (exact) mass is 596 g/mol. The maximum atomic E-state index is 14.7. The normalized spacial score (nSPS) is 29.5. The Bertz CT molecular complexity index is 1530. The number of esters is 2. The number of allylic oxidation sites excluding steroid dienone is 4. The minimum absolute atomic E-state index is 0.0865. The van der Waals surface area contributed by atoms with Gasteiger partial charge in [0.25, 0.3) is 0 Å². The van der Waals surface area contributed by atoms with Gasteiger partial charge in [-0.3, -0.25) is 4.79 Å². The Hall–Kier alpha value is -4.25. The molecular formula is C32H36O11. The van der Waals surface area contributed by atoms with Gasteiger partial charge in [-0.1, -0.05) is 19.1 Å². The summed E-state index contributed by atoms with van der Waals surface area (Å²) in [5.74, 6) is -1.93. The van der Waals surface area contributed by atoms with Crippen LogP contribution in [-0.4, -0.2) is 62.2 Å². The highest BCUT2D eigenvalue weighted by molar-refractivity contribution is 6.09. The van der Waals surface area contributed by atoms with Gasteiger partial charge < -0.3 is 38.3 Å². The average molecular weight is 597 g/mol. The molecule has 0 amide bonds. The van der Waals surface area contributed by atoms with Gasteiger partial charge in [0.2, 0.25) is 24.1 Å². The molecule has 0 saturated carbocycles. The summed E-state index contributed by atoms with van der Waals surface area (Å²) in [7, 11) is 2.73. The first-order valence-corrected chi connectivity index (χ1v) is 14.0. The molecule has 1 N–H and O–H groups in total. The van der Waals surface area contributed by atoms with Gasteiger partial charge >= 0.3 is 11.9 Å². The lowest BCUT2D eigenvalue weighted by atomic mass is 9.59. The quantitative estimate of drug-likeness (QED) is 0.378. The Morgan fingerprint density at radius 3 is 2.26 bits per heavy atom. The van der Waals surface area contributed by atoms with Crippen molar-refractivity contribution in [2.45, 2.75) is 64.8 Å². The van der Waals surface area contributed by atoms with Crippen LogP contribution in [0, 0.1) is 5.92 Å². The number of carbonyl (C=O) groups excluding carboxylic acids is 3. The van der Waals surface area contributed by atoms with E-state index in [4.69, 9.17) is 33.2 Å². The molecule has 2 aliphatic carbocycles. The predicted octanol–water partition coefficient (Wildman–Crippen LogP) is 3.89. The van der Waals surface area contributed by atoms with Crippen LogP contribution >= 0.6 is 0 Å². The molecule has 0 saturated heterocycles. The molecule has 11 nitrogen and oxygen atoms in total. The second-order valence-electron chi connectivity index (χ2n) is 11.2. The number of rotatable bonds is 6. The largest absolute Gasteiger partial charge is 0.493 e. The topological polar surface area (TPSA) is 136 Å². The third kappa shape index (κ3) is 4.31. The average Bonchev–Trinajstić information content (AvgIpc) is 3.63. The molecule has 0 bridgehead atoms. The third-order valence-corrected chi connectivity index (χ3v) is 9.00. The van der Waals surface area contributed by atoms with E-state index in [-0.39, 0.29) is 42.0 Å². The number of carbonyl (C=O) groups is 3. The van der Waals surface area contributed by atoms with Gasteiger partial charge in [-0.15, -0.1) is 0 Å². The molecule has 230 valence electrons. The summed E-state index contributed by atoms with van der Waals surface area (Å²) in [6.45, 7) is 9.42. The minimum Gasteiger partial charge on any atom is -0.493 e. The van der Waals surface area contributed by atoms with E-state index >= 15 is 0 Å². The Kier molecular flexibility index (Phi) is 7.58. The van der Waals surface area contributed by atoms with E-state index in [1.165, 1.54) is 21.1 Å². The maximum Gasteiger partial charge on any atom is 0.334 e.